The number of imidazole rings is 1. The molecule has 2 heterocycles. The average molecular weight is 369 g/mol. The van der Waals surface area contributed by atoms with Gasteiger partial charge < -0.3 is 14.2 Å². The lowest BCUT2D eigenvalue weighted by Gasteiger charge is -2.07. The number of aromatic nitrogens is 3. The minimum absolute atomic E-state index is 0.490. The lowest BCUT2D eigenvalue weighted by Crippen LogP contribution is -2.07. The van der Waals surface area contributed by atoms with Crippen LogP contribution in [0.1, 0.15) is 35.7 Å². The highest BCUT2D eigenvalue weighted by molar-refractivity contribution is 5.59. The van der Waals surface area contributed by atoms with Crippen LogP contribution in [0.3, 0.4) is 0 Å². The van der Waals surface area contributed by atoms with Crippen LogP contribution in [-0.4, -0.2) is 19.8 Å². The molecule has 0 saturated carbocycles. The van der Waals surface area contributed by atoms with Crippen LogP contribution in [0, 0.1) is 11.8 Å². The largest absolute Gasteiger partial charge is 0.385 e. The van der Waals surface area contributed by atoms with Crippen molar-refractivity contribution in [1.82, 2.24) is 14.7 Å². The molecule has 0 aliphatic rings. The molecule has 0 aliphatic carbocycles. The van der Waals surface area contributed by atoms with Crippen molar-refractivity contribution in [2.45, 2.75) is 19.6 Å². The van der Waals surface area contributed by atoms with Gasteiger partial charge in [-0.2, -0.15) is 0 Å². The highest BCUT2D eigenvalue weighted by Crippen LogP contribution is 2.22. The molecule has 0 spiro atoms. The smallest absolute Gasteiger partial charge is 0.167 e. The van der Waals surface area contributed by atoms with E-state index in [-0.39, 0.29) is 0 Å². The summed E-state index contributed by atoms with van der Waals surface area (Å²) in [5.41, 5.74) is 3.63. The van der Waals surface area contributed by atoms with Gasteiger partial charge in [-0.3, -0.25) is 0 Å². The first-order chi connectivity index (χ1) is 13.7. The Kier molecular flexibility index (Phi) is 5.05. The van der Waals surface area contributed by atoms with E-state index >= 15 is 0 Å². The van der Waals surface area contributed by atoms with E-state index in [1.165, 1.54) is 0 Å². The van der Waals surface area contributed by atoms with Crippen LogP contribution in [0.5, 0.6) is 0 Å². The van der Waals surface area contributed by atoms with Crippen LogP contribution in [0.2, 0.25) is 0 Å². The van der Waals surface area contributed by atoms with E-state index in [2.05, 4.69) is 22.0 Å². The Morgan fingerprint density at radius 2 is 1.75 bits per heavy atom. The molecule has 0 bridgehead atoms. The minimum atomic E-state index is -0.633. The van der Waals surface area contributed by atoms with Gasteiger partial charge in [0.2, 0.25) is 0 Å². The second-order valence-electron chi connectivity index (χ2n) is 6.47. The second-order valence-corrected chi connectivity index (χ2v) is 6.47. The first kappa shape index (κ1) is 17.8. The van der Waals surface area contributed by atoms with E-state index in [4.69, 9.17) is 4.52 Å². The molecule has 0 saturated heterocycles. The monoisotopic (exact) mass is 369 g/mol. The van der Waals surface area contributed by atoms with E-state index in [0.29, 0.717) is 18.1 Å². The molecular formula is C23H19N3O2. The van der Waals surface area contributed by atoms with Crippen molar-refractivity contribution in [2.24, 2.45) is 0 Å². The Balaban J connectivity index is 1.48. The maximum absolute atomic E-state index is 9.76. The number of aliphatic hydroxyl groups is 1. The zero-order valence-corrected chi connectivity index (χ0v) is 15.4. The van der Waals surface area contributed by atoms with Gasteiger partial charge in [-0.1, -0.05) is 35.2 Å². The number of hydrogen-bond acceptors (Lipinski definition) is 4. The first-order valence-electron chi connectivity index (χ1n) is 9.01. The fraction of sp³-hybridized carbons (Fsp3) is 0.130. The van der Waals surface area contributed by atoms with Gasteiger partial charge in [0.15, 0.2) is 5.76 Å². The molecule has 4 rings (SSSR count). The third-order valence-corrected chi connectivity index (χ3v) is 4.31. The van der Waals surface area contributed by atoms with Crippen molar-refractivity contribution >= 4 is 0 Å². The molecular weight excluding hydrogens is 350 g/mol. The van der Waals surface area contributed by atoms with Crippen LogP contribution in [-0.2, 0) is 6.54 Å². The summed E-state index contributed by atoms with van der Waals surface area (Å²) in [4.78, 5) is 4.17. The molecule has 0 radical (unpaired) electrons. The highest BCUT2D eigenvalue weighted by Gasteiger charge is 2.12. The molecule has 4 aromatic rings. The van der Waals surface area contributed by atoms with Gasteiger partial charge in [-0.25, -0.2) is 4.98 Å². The van der Waals surface area contributed by atoms with Gasteiger partial charge in [-0.15, -0.1) is 0 Å². The number of nitrogens with zero attached hydrogens (tertiary/aromatic N) is 3. The molecule has 0 unspecified atom stereocenters. The van der Waals surface area contributed by atoms with Gasteiger partial charge in [0, 0.05) is 35.2 Å². The van der Waals surface area contributed by atoms with Crippen molar-refractivity contribution in [3.63, 3.8) is 0 Å². The fourth-order valence-electron chi connectivity index (χ4n) is 2.90. The summed E-state index contributed by atoms with van der Waals surface area (Å²) in [6, 6.07) is 19.7. The topological polar surface area (TPSA) is 64.1 Å². The third kappa shape index (κ3) is 4.03. The number of hydrogen-bond donors (Lipinski definition) is 1. The Labute approximate surface area is 163 Å². The Morgan fingerprint density at radius 3 is 2.46 bits per heavy atom. The predicted molar refractivity (Wildman–Crippen MR) is 106 cm³/mol. The van der Waals surface area contributed by atoms with E-state index in [9.17, 15) is 5.11 Å². The van der Waals surface area contributed by atoms with Crippen LogP contribution in [0.15, 0.2) is 77.6 Å². The standard InChI is InChI=1S/C23H19N3O2/c1-17(27)23-24-13-14-26(23)16-21-15-22(28-25-21)20-11-9-19(10-12-20)8-7-18-5-3-2-4-6-18/h2-6,9-15,17,27H,16H2,1H3/t17-/m0/s1. The van der Waals surface area contributed by atoms with Gasteiger partial charge >= 0.3 is 0 Å². The zero-order chi connectivity index (χ0) is 19.3. The quantitative estimate of drug-likeness (QED) is 0.552. The molecule has 2 aromatic heterocycles. The second kappa shape index (κ2) is 7.95. The van der Waals surface area contributed by atoms with Gasteiger partial charge in [0.25, 0.3) is 0 Å². The minimum Gasteiger partial charge on any atom is -0.385 e. The summed E-state index contributed by atoms with van der Waals surface area (Å²) in [6.45, 7) is 2.18. The van der Waals surface area contributed by atoms with Crippen molar-refractivity contribution in [1.29, 1.82) is 0 Å². The maximum atomic E-state index is 9.76. The van der Waals surface area contributed by atoms with Crippen LogP contribution in [0.4, 0.5) is 0 Å². The fourth-order valence-corrected chi connectivity index (χ4v) is 2.90. The normalized spacial score (nSPS) is 11.6. The molecule has 0 fully saturated rings. The van der Waals surface area contributed by atoms with Gasteiger partial charge in [0.1, 0.15) is 17.6 Å². The van der Waals surface area contributed by atoms with Crippen molar-refractivity contribution in [2.75, 3.05) is 0 Å². The predicted octanol–water partition coefficient (Wildman–Crippen LogP) is 4.04. The SMILES string of the molecule is C[C@H](O)c1nccn1Cc1cc(-c2ccc(C#Cc3ccccc3)cc2)on1. The number of rotatable bonds is 4. The molecule has 2 aromatic carbocycles. The lowest BCUT2D eigenvalue weighted by molar-refractivity contribution is 0.184. The Morgan fingerprint density at radius 1 is 1.04 bits per heavy atom. The van der Waals surface area contributed by atoms with Gasteiger partial charge in [0.05, 0.1) is 6.54 Å². The molecule has 5 nitrogen and oxygen atoms in total. The highest BCUT2D eigenvalue weighted by atomic mass is 16.5. The summed E-state index contributed by atoms with van der Waals surface area (Å²) in [5.74, 6) is 7.60. The molecule has 138 valence electrons. The van der Waals surface area contributed by atoms with Crippen molar-refractivity contribution < 1.29 is 9.63 Å². The van der Waals surface area contributed by atoms with Gasteiger partial charge in [-0.05, 0) is 43.3 Å². The summed E-state index contributed by atoms with van der Waals surface area (Å²) < 4.78 is 7.34. The Hall–Kier alpha value is -3.62. The zero-order valence-electron chi connectivity index (χ0n) is 15.4. The molecule has 1 atom stereocenters. The van der Waals surface area contributed by atoms with E-state index in [0.717, 1.165) is 22.4 Å². The first-order valence-corrected chi connectivity index (χ1v) is 9.01. The average Bonchev–Trinajstić information content (AvgIpc) is 3.38. The van der Waals surface area contributed by atoms with Crippen LogP contribution >= 0.6 is 0 Å². The van der Waals surface area contributed by atoms with E-state index in [1.807, 2.05) is 71.4 Å². The molecule has 0 aliphatic heterocycles. The van der Waals surface area contributed by atoms with Crippen molar-refractivity contribution in [3.8, 4) is 23.2 Å². The summed E-state index contributed by atoms with van der Waals surface area (Å²) in [5, 5.41) is 13.9. The Bertz CT molecular complexity index is 1110. The lowest BCUT2D eigenvalue weighted by atomic mass is 10.1. The molecule has 0 amide bonds. The molecule has 1 N–H and O–H groups in total. The maximum Gasteiger partial charge on any atom is 0.167 e. The summed E-state index contributed by atoms with van der Waals surface area (Å²) >= 11 is 0. The molecule has 28 heavy (non-hydrogen) atoms. The molecule has 5 heteroatoms. The van der Waals surface area contributed by atoms with Crippen LogP contribution in [0.25, 0.3) is 11.3 Å². The number of aliphatic hydroxyl groups excluding tert-OH is 1. The third-order valence-electron chi connectivity index (χ3n) is 4.31. The van der Waals surface area contributed by atoms with Crippen molar-refractivity contribution in [3.05, 3.63) is 95.7 Å². The number of benzene rings is 2. The summed E-state index contributed by atoms with van der Waals surface area (Å²) in [7, 11) is 0. The van der Waals surface area contributed by atoms with E-state index < -0.39 is 6.10 Å². The van der Waals surface area contributed by atoms with E-state index in [1.54, 1.807) is 13.1 Å². The van der Waals surface area contributed by atoms with Crippen LogP contribution < -0.4 is 0 Å². The summed E-state index contributed by atoms with van der Waals surface area (Å²) in [6.07, 6.45) is 2.85.